The lowest BCUT2D eigenvalue weighted by atomic mass is 10.1. The molecular formula is C20H23ClN2O3. The minimum atomic E-state index is 0.0972. The highest BCUT2D eigenvalue weighted by Gasteiger charge is 2.22. The number of piperazine rings is 1. The van der Waals surface area contributed by atoms with Gasteiger partial charge in [-0.15, -0.1) is 0 Å². The molecule has 5 nitrogen and oxygen atoms in total. The summed E-state index contributed by atoms with van der Waals surface area (Å²) in [6.45, 7) is 3.02. The Kier molecular flexibility index (Phi) is 5.89. The lowest BCUT2D eigenvalue weighted by molar-refractivity contribution is -0.130. The second-order valence-electron chi connectivity index (χ2n) is 6.20. The van der Waals surface area contributed by atoms with Gasteiger partial charge in [-0.2, -0.15) is 0 Å². The van der Waals surface area contributed by atoms with Crippen LogP contribution >= 0.6 is 11.6 Å². The number of ether oxygens (including phenoxy) is 2. The summed E-state index contributed by atoms with van der Waals surface area (Å²) in [6, 6.07) is 13.4. The normalized spacial score (nSPS) is 14.3. The van der Waals surface area contributed by atoms with Crippen molar-refractivity contribution >= 4 is 23.2 Å². The zero-order valence-corrected chi connectivity index (χ0v) is 15.8. The predicted molar refractivity (Wildman–Crippen MR) is 103 cm³/mol. The first-order valence-corrected chi connectivity index (χ1v) is 8.97. The van der Waals surface area contributed by atoms with Crippen LogP contribution in [0.3, 0.4) is 0 Å². The maximum atomic E-state index is 12.7. The van der Waals surface area contributed by atoms with Crippen LogP contribution in [0.25, 0.3) is 0 Å². The Bertz CT molecular complexity index is 756. The van der Waals surface area contributed by atoms with Gasteiger partial charge in [0.2, 0.25) is 5.91 Å². The summed E-state index contributed by atoms with van der Waals surface area (Å²) in [5, 5.41) is 0.609. The van der Waals surface area contributed by atoms with E-state index in [9.17, 15) is 4.79 Å². The van der Waals surface area contributed by atoms with Crippen LogP contribution in [0.15, 0.2) is 42.5 Å². The average Bonchev–Trinajstić information content (AvgIpc) is 2.68. The molecule has 1 aliphatic heterocycles. The first-order chi connectivity index (χ1) is 12.6. The molecule has 2 aromatic rings. The number of hydrogen-bond acceptors (Lipinski definition) is 4. The maximum Gasteiger partial charge on any atom is 0.227 e. The van der Waals surface area contributed by atoms with E-state index in [0.717, 1.165) is 30.1 Å². The number of hydrogen-bond donors (Lipinski definition) is 0. The fraction of sp³-hybridized carbons (Fsp3) is 0.350. The van der Waals surface area contributed by atoms with E-state index in [1.807, 2.05) is 29.2 Å². The van der Waals surface area contributed by atoms with Crippen molar-refractivity contribution < 1.29 is 14.3 Å². The van der Waals surface area contributed by atoms with Crippen molar-refractivity contribution in [2.45, 2.75) is 6.42 Å². The van der Waals surface area contributed by atoms with E-state index in [0.29, 0.717) is 30.3 Å². The fourth-order valence-electron chi connectivity index (χ4n) is 3.17. The molecule has 1 saturated heterocycles. The molecule has 0 aromatic heterocycles. The summed E-state index contributed by atoms with van der Waals surface area (Å²) in [4.78, 5) is 16.8. The van der Waals surface area contributed by atoms with Crippen LogP contribution in [0.2, 0.25) is 5.02 Å². The van der Waals surface area contributed by atoms with Crippen molar-refractivity contribution in [2.24, 2.45) is 0 Å². The first-order valence-electron chi connectivity index (χ1n) is 8.60. The molecule has 1 fully saturated rings. The molecule has 1 amide bonds. The Morgan fingerprint density at radius 1 is 1.00 bits per heavy atom. The number of carbonyl (C=O) groups excluding carboxylic acids is 1. The van der Waals surface area contributed by atoms with Crippen molar-refractivity contribution in [3.63, 3.8) is 0 Å². The predicted octanol–water partition coefficient (Wildman–Crippen LogP) is 3.25. The van der Waals surface area contributed by atoms with Gasteiger partial charge in [-0.3, -0.25) is 4.79 Å². The summed E-state index contributed by atoms with van der Waals surface area (Å²) in [5.41, 5.74) is 1.97. The number of anilines is 1. The monoisotopic (exact) mass is 374 g/mol. The molecule has 2 aromatic carbocycles. The molecule has 1 aliphatic rings. The number of carbonyl (C=O) groups is 1. The van der Waals surface area contributed by atoms with Gasteiger partial charge in [0.25, 0.3) is 0 Å². The third-order valence-corrected chi connectivity index (χ3v) is 4.89. The Morgan fingerprint density at radius 3 is 2.31 bits per heavy atom. The minimum absolute atomic E-state index is 0.0972. The van der Waals surface area contributed by atoms with Crippen molar-refractivity contribution in [3.05, 3.63) is 53.1 Å². The van der Waals surface area contributed by atoms with Gasteiger partial charge in [-0.25, -0.2) is 0 Å². The van der Waals surface area contributed by atoms with Gasteiger partial charge in [0.05, 0.1) is 20.6 Å². The highest BCUT2D eigenvalue weighted by Crippen LogP contribution is 2.24. The molecule has 0 spiro atoms. The van der Waals surface area contributed by atoms with E-state index < -0.39 is 0 Å². The smallest absolute Gasteiger partial charge is 0.227 e. The van der Waals surface area contributed by atoms with Crippen molar-refractivity contribution in [2.75, 3.05) is 45.3 Å². The molecule has 0 aliphatic carbocycles. The highest BCUT2D eigenvalue weighted by molar-refractivity contribution is 6.30. The van der Waals surface area contributed by atoms with Gasteiger partial charge in [0.1, 0.15) is 11.5 Å². The number of amides is 1. The van der Waals surface area contributed by atoms with Crippen molar-refractivity contribution in [1.29, 1.82) is 0 Å². The van der Waals surface area contributed by atoms with E-state index >= 15 is 0 Å². The maximum absolute atomic E-state index is 12.7. The molecule has 138 valence electrons. The molecule has 1 heterocycles. The number of methoxy groups -OCH3 is 2. The lowest BCUT2D eigenvalue weighted by Crippen LogP contribution is -2.49. The van der Waals surface area contributed by atoms with Crippen LogP contribution in [0.5, 0.6) is 11.5 Å². The van der Waals surface area contributed by atoms with Gasteiger partial charge < -0.3 is 19.3 Å². The Morgan fingerprint density at radius 2 is 1.69 bits per heavy atom. The number of rotatable bonds is 5. The summed E-state index contributed by atoms with van der Waals surface area (Å²) < 4.78 is 10.5. The van der Waals surface area contributed by atoms with Crippen LogP contribution in [-0.2, 0) is 11.2 Å². The van der Waals surface area contributed by atoms with Gasteiger partial charge in [-0.1, -0.05) is 11.6 Å². The summed E-state index contributed by atoms with van der Waals surface area (Å²) in [6.07, 6.45) is 0.298. The number of benzene rings is 2. The van der Waals surface area contributed by atoms with E-state index in [1.54, 1.807) is 32.4 Å². The Hall–Kier alpha value is -2.40. The van der Waals surface area contributed by atoms with Gasteiger partial charge >= 0.3 is 0 Å². The number of halogens is 1. The van der Waals surface area contributed by atoms with E-state index in [2.05, 4.69) is 4.90 Å². The molecule has 0 radical (unpaired) electrons. The van der Waals surface area contributed by atoms with E-state index in [-0.39, 0.29) is 5.91 Å². The van der Waals surface area contributed by atoms with Crippen LogP contribution in [-0.4, -0.2) is 51.2 Å². The summed E-state index contributed by atoms with van der Waals surface area (Å²) in [5.74, 6) is 1.64. The zero-order valence-electron chi connectivity index (χ0n) is 15.1. The molecule has 0 saturated carbocycles. The highest BCUT2D eigenvalue weighted by atomic mass is 35.5. The topological polar surface area (TPSA) is 42.0 Å². The second-order valence-corrected chi connectivity index (χ2v) is 6.64. The molecule has 26 heavy (non-hydrogen) atoms. The Labute approximate surface area is 159 Å². The van der Waals surface area contributed by atoms with Crippen LogP contribution in [0.4, 0.5) is 5.69 Å². The van der Waals surface area contributed by atoms with E-state index in [4.69, 9.17) is 21.1 Å². The molecule has 0 unspecified atom stereocenters. The van der Waals surface area contributed by atoms with Crippen LogP contribution < -0.4 is 14.4 Å². The third-order valence-electron chi connectivity index (χ3n) is 4.65. The SMILES string of the molecule is COc1ccc(N2CCN(C(=O)Cc3cc(Cl)ccc3OC)CC2)cc1. The third kappa shape index (κ3) is 4.22. The molecule has 0 bridgehead atoms. The number of nitrogens with zero attached hydrogens (tertiary/aromatic N) is 2. The minimum Gasteiger partial charge on any atom is -0.497 e. The van der Waals surface area contributed by atoms with Crippen LogP contribution in [0.1, 0.15) is 5.56 Å². The average molecular weight is 375 g/mol. The second kappa shape index (κ2) is 8.32. The first kappa shape index (κ1) is 18.4. The lowest BCUT2D eigenvalue weighted by Gasteiger charge is -2.36. The van der Waals surface area contributed by atoms with Gasteiger partial charge in [0, 0.05) is 42.5 Å². The van der Waals surface area contributed by atoms with Gasteiger partial charge in [-0.05, 0) is 42.5 Å². The molecular weight excluding hydrogens is 352 g/mol. The largest absolute Gasteiger partial charge is 0.497 e. The molecule has 0 atom stereocenters. The molecule has 0 N–H and O–H groups in total. The van der Waals surface area contributed by atoms with Crippen molar-refractivity contribution in [3.8, 4) is 11.5 Å². The molecule has 3 rings (SSSR count). The van der Waals surface area contributed by atoms with Crippen LogP contribution in [0, 0.1) is 0 Å². The van der Waals surface area contributed by atoms with Gasteiger partial charge in [0.15, 0.2) is 0 Å². The van der Waals surface area contributed by atoms with E-state index in [1.165, 1.54) is 0 Å². The fourth-order valence-corrected chi connectivity index (χ4v) is 3.36. The standard InChI is InChI=1S/C20H23ClN2O3/c1-25-18-6-4-17(5-7-18)22-9-11-23(12-10-22)20(24)14-15-13-16(21)3-8-19(15)26-2/h3-8,13H,9-12,14H2,1-2H3. The quantitative estimate of drug-likeness (QED) is 0.805. The summed E-state index contributed by atoms with van der Waals surface area (Å²) in [7, 11) is 3.26. The molecule has 6 heteroatoms. The Balaban J connectivity index is 1.59. The summed E-state index contributed by atoms with van der Waals surface area (Å²) >= 11 is 6.06. The zero-order chi connectivity index (χ0) is 18.5. The van der Waals surface area contributed by atoms with Crippen molar-refractivity contribution in [1.82, 2.24) is 4.90 Å².